The molecule has 0 spiro atoms. The van der Waals surface area contributed by atoms with Gasteiger partial charge < -0.3 is 14.2 Å². The van der Waals surface area contributed by atoms with Crippen LogP contribution < -0.4 is 0 Å². The van der Waals surface area contributed by atoms with Gasteiger partial charge in [0.05, 0.1) is 0 Å². The Hall–Kier alpha value is -1.59. The molecule has 1 unspecified atom stereocenters. The van der Waals surface area contributed by atoms with Gasteiger partial charge in [-0.25, -0.2) is 0 Å². The van der Waals surface area contributed by atoms with Crippen LogP contribution in [-0.4, -0.2) is 37.2 Å². The van der Waals surface area contributed by atoms with Crippen molar-refractivity contribution in [3.63, 3.8) is 0 Å². The van der Waals surface area contributed by atoms with Crippen LogP contribution in [0.2, 0.25) is 0 Å². The minimum Gasteiger partial charge on any atom is -0.462 e. The van der Waals surface area contributed by atoms with Gasteiger partial charge in [0, 0.05) is 19.3 Å². The second-order valence-corrected chi connectivity index (χ2v) is 22.8. The third-order valence-corrected chi connectivity index (χ3v) is 15.4. The molecule has 6 heteroatoms. The number of rotatable bonds is 62. The lowest BCUT2D eigenvalue weighted by Crippen LogP contribution is -2.30. The van der Waals surface area contributed by atoms with E-state index >= 15 is 0 Å². The molecular weight excluding hydrogens is 889 g/mol. The largest absolute Gasteiger partial charge is 0.462 e. The first-order chi connectivity index (χ1) is 35.5. The number of unbranched alkanes of at least 4 members (excludes halogenated alkanes) is 51. The molecule has 0 rings (SSSR count). The highest BCUT2D eigenvalue weighted by atomic mass is 16.6. The third kappa shape index (κ3) is 59.3. The second kappa shape index (κ2) is 62.0. The molecule has 72 heavy (non-hydrogen) atoms. The van der Waals surface area contributed by atoms with E-state index in [2.05, 4.69) is 20.8 Å². The highest BCUT2D eigenvalue weighted by molar-refractivity contribution is 5.71. The lowest BCUT2D eigenvalue weighted by molar-refractivity contribution is -0.167. The molecule has 0 heterocycles. The van der Waals surface area contributed by atoms with E-state index in [1.165, 1.54) is 289 Å². The van der Waals surface area contributed by atoms with Gasteiger partial charge in [-0.3, -0.25) is 14.4 Å². The first kappa shape index (κ1) is 70.4. The van der Waals surface area contributed by atoms with Gasteiger partial charge >= 0.3 is 17.9 Å². The predicted octanol–water partition coefficient (Wildman–Crippen LogP) is 22.3. The van der Waals surface area contributed by atoms with Gasteiger partial charge in [0.2, 0.25) is 0 Å². The standard InChI is InChI=1S/C66H128O6/c1-4-7-10-13-16-19-21-22-23-24-25-26-27-28-29-30-31-32-33-34-35-36-37-38-39-40-41-42-43-44-45-48-50-53-56-59-65(68)71-62-63(61-70-64(67)58-55-52-49-46-18-15-12-9-6-3)72-66(69)60-57-54-51-47-20-17-14-11-8-5-2/h63H,4-62H2,1-3H3. The van der Waals surface area contributed by atoms with E-state index in [0.29, 0.717) is 19.3 Å². The summed E-state index contributed by atoms with van der Waals surface area (Å²) in [6.45, 7) is 6.67. The van der Waals surface area contributed by atoms with Crippen LogP contribution in [-0.2, 0) is 28.6 Å². The fourth-order valence-corrected chi connectivity index (χ4v) is 10.4. The van der Waals surface area contributed by atoms with Crippen LogP contribution in [0.3, 0.4) is 0 Å². The summed E-state index contributed by atoms with van der Waals surface area (Å²) in [5.41, 5.74) is 0. The zero-order valence-corrected chi connectivity index (χ0v) is 49.2. The monoisotopic (exact) mass is 1020 g/mol. The molecule has 1 atom stereocenters. The molecule has 0 fully saturated rings. The third-order valence-electron chi connectivity index (χ3n) is 15.4. The number of esters is 3. The average molecular weight is 1020 g/mol. The molecule has 428 valence electrons. The zero-order valence-electron chi connectivity index (χ0n) is 49.2. The minimum atomic E-state index is -0.760. The Morgan fingerprint density at radius 1 is 0.222 bits per heavy atom. The Morgan fingerprint density at radius 2 is 0.375 bits per heavy atom. The van der Waals surface area contributed by atoms with Gasteiger partial charge in [0.15, 0.2) is 6.10 Å². The normalized spacial score (nSPS) is 11.9. The Morgan fingerprint density at radius 3 is 0.556 bits per heavy atom. The summed E-state index contributed by atoms with van der Waals surface area (Å²) in [7, 11) is 0. The maximum atomic E-state index is 12.8. The predicted molar refractivity (Wildman–Crippen MR) is 312 cm³/mol. The smallest absolute Gasteiger partial charge is 0.306 e. The fraction of sp³-hybridized carbons (Fsp3) is 0.955. The van der Waals surface area contributed by atoms with Crippen LogP contribution in [0.5, 0.6) is 0 Å². The molecule has 0 aliphatic rings. The van der Waals surface area contributed by atoms with Gasteiger partial charge in [0.25, 0.3) is 0 Å². The molecule has 0 amide bonds. The van der Waals surface area contributed by atoms with E-state index in [-0.39, 0.29) is 31.1 Å². The Kier molecular flexibility index (Phi) is 60.6. The van der Waals surface area contributed by atoms with Crippen molar-refractivity contribution in [3.8, 4) is 0 Å². The highest BCUT2D eigenvalue weighted by Crippen LogP contribution is 2.19. The molecule has 0 aliphatic heterocycles. The van der Waals surface area contributed by atoms with Gasteiger partial charge in [0.1, 0.15) is 13.2 Å². The molecule has 0 N–H and O–H groups in total. The lowest BCUT2D eigenvalue weighted by atomic mass is 10.0. The van der Waals surface area contributed by atoms with Crippen LogP contribution in [0, 0.1) is 0 Å². The Labute approximate surface area is 450 Å². The number of carbonyl (C=O) groups is 3. The van der Waals surface area contributed by atoms with Crippen LogP contribution >= 0.6 is 0 Å². The number of carbonyl (C=O) groups excluding carboxylic acids is 3. The van der Waals surface area contributed by atoms with Crippen LogP contribution in [0.4, 0.5) is 0 Å². The molecule has 0 saturated heterocycles. The summed E-state index contributed by atoms with van der Waals surface area (Å²) in [5.74, 6) is -0.841. The maximum Gasteiger partial charge on any atom is 0.306 e. The van der Waals surface area contributed by atoms with Crippen molar-refractivity contribution in [1.29, 1.82) is 0 Å². The van der Waals surface area contributed by atoms with E-state index in [1.54, 1.807) is 0 Å². The second-order valence-electron chi connectivity index (χ2n) is 22.8. The van der Waals surface area contributed by atoms with Gasteiger partial charge in [-0.05, 0) is 19.3 Å². The van der Waals surface area contributed by atoms with Gasteiger partial charge in [-0.15, -0.1) is 0 Å². The zero-order chi connectivity index (χ0) is 52.2. The fourth-order valence-electron chi connectivity index (χ4n) is 10.4. The van der Waals surface area contributed by atoms with E-state index in [0.717, 1.165) is 57.8 Å². The van der Waals surface area contributed by atoms with Gasteiger partial charge in [-0.2, -0.15) is 0 Å². The van der Waals surface area contributed by atoms with Crippen LogP contribution in [0.15, 0.2) is 0 Å². The first-order valence-corrected chi connectivity index (χ1v) is 33.0. The molecule has 0 bridgehead atoms. The average Bonchev–Trinajstić information content (AvgIpc) is 3.38. The summed E-state index contributed by atoms with van der Waals surface area (Å²) < 4.78 is 16.8. The van der Waals surface area contributed by atoms with Crippen molar-refractivity contribution in [3.05, 3.63) is 0 Å². The lowest BCUT2D eigenvalue weighted by Gasteiger charge is -2.18. The molecule has 6 nitrogen and oxygen atoms in total. The van der Waals surface area contributed by atoms with Crippen molar-refractivity contribution < 1.29 is 28.6 Å². The molecule has 0 aromatic rings. The van der Waals surface area contributed by atoms with Crippen molar-refractivity contribution in [2.75, 3.05) is 13.2 Å². The quantitative estimate of drug-likeness (QED) is 0.0343. The van der Waals surface area contributed by atoms with E-state index < -0.39 is 6.10 Å². The number of hydrogen-bond donors (Lipinski definition) is 0. The van der Waals surface area contributed by atoms with E-state index in [4.69, 9.17) is 14.2 Å². The molecule has 0 aromatic heterocycles. The van der Waals surface area contributed by atoms with E-state index in [1.807, 2.05) is 0 Å². The van der Waals surface area contributed by atoms with E-state index in [9.17, 15) is 14.4 Å². The summed E-state index contributed by atoms with van der Waals surface area (Å²) in [5, 5.41) is 0. The molecule has 0 radical (unpaired) electrons. The van der Waals surface area contributed by atoms with Crippen LogP contribution in [0.25, 0.3) is 0 Å². The van der Waals surface area contributed by atoms with Crippen molar-refractivity contribution in [1.82, 2.24) is 0 Å². The summed E-state index contributed by atoms with van der Waals surface area (Å²) in [6, 6.07) is 0. The van der Waals surface area contributed by atoms with Gasteiger partial charge in [-0.1, -0.05) is 348 Å². The summed E-state index contributed by atoms with van der Waals surface area (Å²) in [6.07, 6.45) is 71.7. The first-order valence-electron chi connectivity index (χ1n) is 33.0. The number of hydrogen-bond acceptors (Lipinski definition) is 6. The van der Waals surface area contributed by atoms with Crippen molar-refractivity contribution in [2.45, 2.75) is 393 Å². The maximum absolute atomic E-state index is 12.8. The van der Waals surface area contributed by atoms with Crippen LogP contribution in [0.1, 0.15) is 387 Å². The molecule has 0 aliphatic carbocycles. The highest BCUT2D eigenvalue weighted by Gasteiger charge is 2.19. The SMILES string of the molecule is CCCCCCCCCCCCCCCCCCCCCCCCCCCCCCCCCCCCCC(=O)OCC(COC(=O)CCCCCCCCCCC)OC(=O)CCCCCCCCCCCC. The summed E-state index contributed by atoms with van der Waals surface area (Å²) in [4.78, 5) is 38.0. The molecular formula is C66H128O6. The van der Waals surface area contributed by atoms with Crippen molar-refractivity contribution >= 4 is 17.9 Å². The Balaban J connectivity index is 3.83. The summed E-state index contributed by atoms with van der Waals surface area (Å²) >= 11 is 0. The van der Waals surface area contributed by atoms with Crippen molar-refractivity contribution in [2.24, 2.45) is 0 Å². The topological polar surface area (TPSA) is 78.9 Å². The molecule has 0 aromatic carbocycles. The Bertz CT molecular complexity index is 1080. The minimum absolute atomic E-state index is 0.0619. The molecule has 0 saturated carbocycles. The number of ether oxygens (including phenoxy) is 3.